The molecule has 0 saturated heterocycles. The van der Waals surface area contributed by atoms with Gasteiger partial charge in [0.15, 0.2) is 0 Å². The van der Waals surface area contributed by atoms with E-state index in [0.29, 0.717) is 23.9 Å². The lowest BCUT2D eigenvalue weighted by Gasteiger charge is -2.26. The summed E-state index contributed by atoms with van der Waals surface area (Å²) >= 11 is 0. The number of nitrogens with one attached hydrogen (secondary N) is 1. The number of phosphoric ester groups is 1. The molecule has 9 heteroatoms. The standard InChI is InChI=1S/C40H81N2O6P/c1-6-8-10-12-14-16-18-20-22-23-25-27-29-31-33-39(43)38(37-48-49(45,46)47-36-35-42(3,4)5)41-40(44)34-32-30-28-26-24-21-19-17-15-13-11-9-7-2/h17,19,38-39,43H,6-16,18,20-37H2,1-5H3,(H-,41,44,45,46)/p+1/b19-17+/t38-,39+/m0/s1. The molecule has 0 saturated carbocycles. The first-order valence-electron chi connectivity index (χ1n) is 20.6. The molecule has 0 aromatic heterocycles. The summed E-state index contributed by atoms with van der Waals surface area (Å²) in [4.78, 5) is 23.0. The maximum absolute atomic E-state index is 12.8. The molecule has 0 aliphatic carbocycles. The summed E-state index contributed by atoms with van der Waals surface area (Å²) < 4.78 is 23.5. The Balaban J connectivity index is 4.43. The van der Waals surface area contributed by atoms with Crippen molar-refractivity contribution in [2.24, 2.45) is 0 Å². The van der Waals surface area contributed by atoms with Gasteiger partial charge >= 0.3 is 7.82 Å². The Bertz CT molecular complexity index is 819. The van der Waals surface area contributed by atoms with Crippen molar-refractivity contribution >= 4 is 13.7 Å². The minimum absolute atomic E-state index is 0.0746. The summed E-state index contributed by atoms with van der Waals surface area (Å²) in [6.45, 7) is 4.86. The van der Waals surface area contributed by atoms with E-state index in [0.717, 1.165) is 51.4 Å². The molecule has 8 nitrogen and oxygen atoms in total. The summed E-state index contributed by atoms with van der Waals surface area (Å²) in [7, 11) is 1.61. The highest BCUT2D eigenvalue weighted by atomic mass is 31.2. The van der Waals surface area contributed by atoms with Gasteiger partial charge in [-0.05, 0) is 38.5 Å². The van der Waals surface area contributed by atoms with Crippen molar-refractivity contribution in [3.63, 3.8) is 0 Å². The highest BCUT2D eigenvalue weighted by Crippen LogP contribution is 2.43. The Morgan fingerprint density at radius 3 is 1.59 bits per heavy atom. The van der Waals surface area contributed by atoms with Gasteiger partial charge in [0.05, 0.1) is 39.9 Å². The fourth-order valence-electron chi connectivity index (χ4n) is 5.92. The van der Waals surface area contributed by atoms with Crippen LogP contribution in [-0.4, -0.2) is 73.4 Å². The van der Waals surface area contributed by atoms with Crippen molar-refractivity contribution in [1.82, 2.24) is 5.32 Å². The second kappa shape index (κ2) is 33.1. The minimum Gasteiger partial charge on any atom is -0.391 e. The first-order chi connectivity index (χ1) is 23.5. The molecule has 1 amide bonds. The first-order valence-corrected chi connectivity index (χ1v) is 22.0. The zero-order valence-electron chi connectivity index (χ0n) is 32.9. The first kappa shape index (κ1) is 48.2. The second-order valence-electron chi connectivity index (χ2n) is 15.4. The van der Waals surface area contributed by atoms with Crippen molar-refractivity contribution in [3.8, 4) is 0 Å². The van der Waals surface area contributed by atoms with Gasteiger partial charge in [0.25, 0.3) is 0 Å². The Morgan fingerprint density at radius 1 is 0.673 bits per heavy atom. The Labute approximate surface area is 303 Å². The highest BCUT2D eigenvalue weighted by Gasteiger charge is 2.28. The summed E-state index contributed by atoms with van der Waals surface area (Å²) in [6.07, 6.45) is 35.1. The van der Waals surface area contributed by atoms with Crippen LogP contribution in [-0.2, 0) is 18.4 Å². The van der Waals surface area contributed by atoms with Gasteiger partial charge in [-0.25, -0.2) is 4.57 Å². The molecule has 0 aliphatic rings. The van der Waals surface area contributed by atoms with Crippen LogP contribution in [0.25, 0.3) is 0 Å². The van der Waals surface area contributed by atoms with Crippen molar-refractivity contribution in [2.75, 3.05) is 40.9 Å². The number of amides is 1. The normalized spacial score (nSPS) is 14.7. The maximum Gasteiger partial charge on any atom is 0.472 e. The van der Waals surface area contributed by atoms with Crippen molar-refractivity contribution in [1.29, 1.82) is 0 Å². The van der Waals surface area contributed by atoms with Crippen molar-refractivity contribution < 1.29 is 32.9 Å². The average Bonchev–Trinajstić information content (AvgIpc) is 3.04. The summed E-state index contributed by atoms with van der Waals surface area (Å²) in [5.74, 6) is -0.154. The largest absolute Gasteiger partial charge is 0.472 e. The summed E-state index contributed by atoms with van der Waals surface area (Å²) in [5, 5.41) is 13.9. The topological polar surface area (TPSA) is 105 Å². The predicted molar refractivity (Wildman–Crippen MR) is 208 cm³/mol. The van der Waals surface area contributed by atoms with Gasteiger partial charge in [0.1, 0.15) is 13.2 Å². The number of phosphoric acid groups is 1. The van der Waals surface area contributed by atoms with E-state index < -0.39 is 20.0 Å². The molecule has 1 unspecified atom stereocenters. The van der Waals surface area contributed by atoms with Crippen molar-refractivity contribution in [2.45, 2.75) is 199 Å². The molecule has 0 rings (SSSR count). The van der Waals surface area contributed by atoms with E-state index in [2.05, 4.69) is 31.3 Å². The number of carbonyl (C=O) groups excluding carboxylic acids is 1. The molecule has 3 N–H and O–H groups in total. The molecule has 0 fully saturated rings. The van der Waals surface area contributed by atoms with E-state index in [4.69, 9.17) is 9.05 Å². The van der Waals surface area contributed by atoms with Gasteiger partial charge in [0, 0.05) is 6.42 Å². The maximum atomic E-state index is 12.8. The number of carbonyl (C=O) groups is 1. The van der Waals surface area contributed by atoms with Crippen LogP contribution >= 0.6 is 7.82 Å². The molecule has 292 valence electrons. The van der Waals surface area contributed by atoms with Crippen LogP contribution in [0.4, 0.5) is 0 Å². The second-order valence-corrected chi connectivity index (χ2v) is 16.8. The van der Waals surface area contributed by atoms with Crippen LogP contribution in [0.1, 0.15) is 187 Å². The Kier molecular flexibility index (Phi) is 32.6. The number of rotatable bonds is 37. The lowest BCUT2D eigenvalue weighted by molar-refractivity contribution is -0.870. The van der Waals surface area contributed by atoms with E-state index in [9.17, 15) is 19.4 Å². The molecular weight excluding hydrogens is 635 g/mol. The van der Waals surface area contributed by atoms with E-state index >= 15 is 0 Å². The summed E-state index contributed by atoms with van der Waals surface area (Å²) in [5.41, 5.74) is 0. The average molecular weight is 718 g/mol. The molecular formula is C40H82N2O6P+. The number of allylic oxidation sites excluding steroid dienone is 2. The molecule has 0 aromatic rings. The smallest absolute Gasteiger partial charge is 0.391 e. The molecule has 49 heavy (non-hydrogen) atoms. The van der Waals surface area contributed by atoms with Crippen LogP contribution in [0.5, 0.6) is 0 Å². The van der Waals surface area contributed by atoms with Crippen LogP contribution in [0.2, 0.25) is 0 Å². The van der Waals surface area contributed by atoms with Gasteiger partial charge in [-0.15, -0.1) is 0 Å². The van der Waals surface area contributed by atoms with E-state index in [-0.39, 0.29) is 19.1 Å². The Morgan fingerprint density at radius 2 is 1.10 bits per heavy atom. The fourth-order valence-corrected chi connectivity index (χ4v) is 6.66. The molecule has 0 heterocycles. The third-order valence-electron chi connectivity index (χ3n) is 9.26. The van der Waals surface area contributed by atoms with E-state index in [1.54, 1.807) is 0 Å². The lowest BCUT2D eigenvalue weighted by atomic mass is 10.0. The molecule has 0 aromatic carbocycles. The van der Waals surface area contributed by atoms with Crippen LogP contribution in [0.15, 0.2) is 12.2 Å². The van der Waals surface area contributed by atoms with Gasteiger partial charge in [-0.1, -0.05) is 154 Å². The Hall–Kier alpha value is -0.760. The molecule has 0 aliphatic heterocycles. The predicted octanol–water partition coefficient (Wildman–Crippen LogP) is 10.8. The number of nitrogens with zero attached hydrogens (tertiary/aromatic N) is 1. The number of aliphatic hydroxyl groups is 1. The van der Waals surface area contributed by atoms with E-state index in [1.165, 1.54) is 109 Å². The zero-order chi connectivity index (χ0) is 36.5. The molecule has 3 atom stereocenters. The van der Waals surface area contributed by atoms with Gasteiger partial charge in [-0.3, -0.25) is 13.8 Å². The number of quaternary nitrogens is 1. The fraction of sp³-hybridized carbons (Fsp3) is 0.925. The number of hydrogen-bond acceptors (Lipinski definition) is 5. The van der Waals surface area contributed by atoms with Crippen LogP contribution in [0.3, 0.4) is 0 Å². The SMILES string of the molecule is CCCCCC/C=C/CCCCCCCC(=O)N[C@@H](COP(=O)(O)OCC[N+](C)(C)C)[C@H](O)CCCCCCCCCCCCCCCC. The van der Waals surface area contributed by atoms with Gasteiger partial charge < -0.3 is 19.8 Å². The summed E-state index contributed by atoms with van der Waals surface area (Å²) in [6, 6.07) is -0.759. The molecule has 0 radical (unpaired) electrons. The van der Waals surface area contributed by atoms with Crippen molar-refractivity contribution in [3.05, 3.63) is 12.2 Å². The number of aliphatic hydroxyl groups excluding tert-OH is 1. The quantitative estimate of drug-likeness (QED) is 0.0256. The minimum atomic E-state index is -4.31. The van der Waals surface area contributed by atoms with Gasteiger partial charge in [-0.2, -0.15) is 0 Å². The third kappa shape index (κ3) is 35.4. The van der Waals surface area contributed by atoms with E-state index in [1.807, 2.05) is 21.1 Å². The number of likely N-dealkylation sites (N-methyl/N-ethyl adjacent to an activating group) is 1. The van der Waals surface area contributed by atoms with Crippen LogP contribution in [0, 0.1) is 0 Å². The monoisotopic (exact) mass is 718 g/mol. The molecule has 0 bridgehead atoms. The number of unbranched alkanes of at least 4 members (excludes halogenated alkanes) is 22. The number of hydrogen-bond donors (Lipinski definition) is 3. The van der Waals surface area contributed by atoms with Gasteiger partial charge in [0.2, 0.25) is 5.91 Å². The zero-order valence-corrected chi connectivity index (χ0v) is 33.8. The molecule has 0 spiro atoms. The van der Waals surface area contributed by atoms with Crippen LogP contribution < -0.4 is 5.32 Å². The highest BCUT2D eigenvalue weighted by molar-refractivity contribution is 7.47. The lowest BCUT2D eigenvalue weighted by Crippen LogP contribution is -2.46. The third-order valence-corrected chi connectivity index (χ3v) is 10.2.